The molecule has 3 aromatic rings. The summed E-state index contributed by atoms with van der Waals surface area (Å²) in [4.78, 5) is 6.07. The summed E-state index contributed by atoms with van der Waals surface area (Å²) >= 11 is 1.61. The Bertz CT molecular complexity index is 1140. The summed E-state index contributed by atoms with van der Waals surface area (Å²) < 4.78 is 26.5. The quantitative estimate of drug-likeness (QED) is 0.529. The zero-order chi connectivity index (χ0) is 22.2. The number of hydrogen-bond donors (Lipinski definition) is 1. The van der Waals surface area contributed by atoms with Gasteiger partial charge in [-0.2, -0.15) is 0 Å². The van der Waals surface area contributed by atoms with Gasteiger partial charge in [0, 0.05) is 23.2 Å². The second kappa shape index (κ2) is 8.65. The lowest BCUT2D eigenvalue weighted by atomic mass is 9.97. The minimum Gasteiger partial charge on any atom is -0.392 e. The van der Waals surface area contributed by atoms with Gasteiger partial charge in [0.2, 0.25) is 0 Å². The van der Waals surface area contributed by atoms with Crippen LogP contribution in [-0.2, 0) is 16.4 Å². The van der Waals surface area contributed by atoms with Gasteiger partial charge in [0.25, 0.3) is 0 Å². The van der Waals surface area contributed by atoms with Gasteiger partial charge in [-0.05, 0) is 41.2 Å². The van der Waals surface area contributed by atoms with Crippen LogP contribution in [-0.4, -0.2) is 29.3 Å². The van der Waals surface area contributed by atoms with Gasteiger partial charge in [-0.1, -0.05) is 46.8 Å². The van der Waals surface area contributed by atoms with E-state index in [4.69, 9.17) is 4.98 Å². The predicted octanol–water partition coefficient (Wildman–Crippen LogP) is 5.38. The first-order valence-corrected chi connectivity index (χ1v) is 12.9. The van der Waals surface area contributed by atoms with Crippen LogP contribution >= 0.6 is 11.3 Å². The fourth-order valence-electron chi connectivity index (χ4n) is 3.28. The molecule has 5 nitrogen and oxygen atoms in total. The first-order chi connectivity index (χ1) is 14.0. The summed E-state index contributed by atoms with van der Waals surface area (Å²) in [5.41, 5.74) is 2.31. The number of hydrogen-bond acceptors (Lipinski definition) is 5. The van der Waals surface area contributed by atoms with E-state index in [0.717, 1.165) is 27.0 Å². The number of aliphatic hydroxyl groups is 1. The molecule has 0 radical (unpaired) electrons. The molecule has 1 N–H and O–H groups in total. The highest BCUT2D eigenvalue weighted by atomic mass is 32.2. The third-order valence-corrected chi connectivity index (χ3v) is 7.81. The number of imidazole rings is 1. The van der Waals surface area contributed by atoms with Crippen molar-refractivity contribution in [1.82, 2.24) is 9.55 Å². The van der Waals surface area contributed by atoms with E-state index < -0.39 is 9.84 Å². The van der Waals surface area contributed by atoms with Crippen molar-refractivity contribution >= 4 is 21.2 Å². The number of aromatic nitrogens is 2. The molecule has 0 aliphatic heterocycles. The summed E-state index contributed by atoms with van der Waals surface area (Å²) in [6, 6.07) is 9.27. The summed E-state index contributed by atoms with van der Waals surface area (Å²) in [5, 5.41) is 10.6. The highest BCUT2D eigenvalue weighted by molar-refractivity contribution is 7.90. The summed E-state index contributed by atoms with van der Waals surface area (Å²) in [7, 11) is -3.43. The van der Waals surface area contributed by atoms with E-state index in [-0.39, 0.29) is 11.5 Å². The highest BCUT2D eigenvalue weighted by Gasteiger charge is 2.21. The van der Waals surface area contributed by atoms with Crippen molar-refractivity contribution in [3.63, 3.8) is 0 Å². The van der Waals surface area contributed by atoms with Crippen LogP contribution in [0.25, 0.3) is 15.4 Å². The molecule has 1 unspecified atom stereocenters. The molecule has 3 rings (SSSR count). The predicted molar refractivity (Wildman–Crippen MR) is 123 cm³/mol. The van der Waals surface area contributed by atoms with Crippen molar-refractivity contribution in [2.75, 3.05) is 6.26 Å². The zero-order valence-electron chi connectivity index (χ0n) is 18.4. The summed E-state index contributed by atoms with van der Waals surface area (Å²) in [6.45, 7) is 10.6. The van der Waals surface area contributed by atoms with Crippen LogP contribution < -0.4 is 0 Å². The molecule has 162 valence electrons. The van der Waals surface area contributed by atoms with E-state index in [1.807, 2.05) is 12.1 Å². The number of rotatable bonds is 7. The average molecular weight is 447 g/mol. The molecule has 2 aromatic heterocycles. The first kappa shape index (κ1) is 22.7. The van der Waals surface area contributed by atoms with Crippen molar-refractivity contribution in [1.29, 1.82) is 0 Å². The molecule has 0 spiro atoms. The smallest absolute Gasteiger partial charge is 0.175 e. The van der Waals surface area contributed by atoms with E-state index in [2.05, 4.69) is 51.4 Å². The van der Waals surface area contributed by atoms with Crippen LogP contribution in [0.4, 0.5) is 0 Å². The van der Waals surface area contributed by atoms with Crippen molar-refractivity contribution in [2.45, 2.75) is 58.0 Å². The Kier molecular flexibility index (Phi) is 6.55. The Labute approximate surface area is 183 Å². The van der Waals surface area contributed by atoms with Crippen LogP contribution in [0.3, 0.4) is 0 Å². The average Bonchev–Trinajstić information content (AvgIpc) is 3.33. The van der Waals surface area contributed by atoms with Gasteiger partial charge < -0.3 is 5.11 Å². The lowest BCUT2D eigenvalue weighted by Gasteiger charge is -2.16. The third kappa shape index (κ3) is 4.53. The molecule has 0 saturated carbocycles. The van der Waals surface area contributed by atoms with Crippen molar-refractivity contribution < 1.29 is 13.5 Å². The van der Waals surface area contributed by atoms with Crippen molar-refractivity contribution in [3.8, 4) is 15.4 Å². The molecule has 0 bridgehead atoms. The fraction of sp³-hybridized carbons (Fsp3) is 0.435. The van der Waals surface area contributed by atoms with Crippen LogP contribution in [0, 0.1) is 5.92 Å². The molecule has 30 heavy (non-hydrogen) atoms. The fourth-order valence-corrected chi connectivity index (χ4v) is 5.22. The molecule has 0 aliphatic carbocycles. The van der Waals surface area contributed by atoms with Gasteiger partial charge in [0.1, 0.15) is 10.8 Å². The van der Waals surface area contributed by atoms with Gasteiger partial charge in [-0.3, -0.25) is 4.57 Å². The van der Waals surface area contributed by atoms with E-state index in [0.29, 0.717) is 23.3 Å². The van der Waals surface area contributed by atoms with E-state index in [1.54, 1.807) is 23.5 Å². The second-order valence-electron chi connectivity index (χ2n) is 8.47. The third-order valence-electron chi connectivity index (χ3n) is 5.50. The Morgan fingerprint density at radius 2 is 1.80 bits per heavy atom. The van der Waals surface area contributed by atoms with Gasteiger partial charge in [-0.25, -0.2) is 13.4 Å². The maximum absolute atomic E-state index is 12.2. The Hall–Kier alpha value is -1.96. The molecule has 1 aromatic carbocycles. The number of thiophene rings is 1. The molecular formula is C23H30N2O3S2. The lowest BCUT2D eigenvalue weighted by molar-refractivity contribution is 0.278. The largest absolute Gasteiger partial charge is 0.392 e. The van der Waals surface area contributed by atoms with Crippen LogP contribution in [0.5, 0.6) is 0 Å². The van der Waals surface area contributed by atoms with E-state index in [1.165, 1.54) is 6.26 Å². The molecule has 0 fully saturated rings. The Morgan fingerprint density at radius 3 is 2.37 bits per heavy atom. The minimum absolute atomic E-state index is 0.177. The molecule has 7 heteroatoms. The topological polar surface area (TPSA) is 72.2 Å². The summed E-state index contributed by atoms with van der Waals surface area (Å²) in [6.07, 6.45) is 3.29. The number of benzene rings is 1. The second-order valence-corrected chi connectivity index (χ2v) is 11.5. The number of nitrogens with zero attached hydrogens (tertiary/aromatic N) is 2. The molecule has 0 aliphatic rings. The van der Waals surface area contributed by atoms with Crippen LogP contribution in [0.1, 0.15) is 63.5 Å². The first-order valence-electron chi connectivity index (χ1n) is 10.2. The number of sulfone groups is 1. The molecular weight excluding hydrogens is 416 g/mol. The van der Waals surface area contributed by atoms with Crippen molar-refractivity contribution in [2.24, 2.45) is 5.92 Å². The normalized spacial score (nSPS) is 13.4. The standard InChI is InChI=1S/C23H30N2O3S2/c1-14(2)16(5)23-24-19(15(3)4)12-25(23)22-10-9-20(29-22)17-7-8-18(13-26)21(11-17)30(6,27)28/h7-12,14-16,26H,13H2,1-6H3. The molecule has 0 amide bonds. The molecule has 2 heterocycles. The van der Waals surface area contributed by atoms with E-state index in [9.17, 15) is 13.5 Å². The monoisotopic (exact) mass is 446 g/mol. The Balaban J connectivity index is 2.08. The van der Waals surface area contributed by atoms with Gasteiger partial charge in [-0.15, -0.1) is 11.3 Å². The van der Waals surface area contributed by atoms with Crippen LogP contribution in [0.15, 0.2) is 41.4 Å². The van der Waals surface area contributed by atoms with Crippen LogP contribution in [0.2, 0.25) is 0 Å². The van der Waals surface area contributed by atoms with Crippen molar-refractivity contribution in [3.05, 3.63) is 53.6 Å². The zero-order valence-corrected chi connectivity index (χ0v) is 20.0. The van der Waals surface area contributed by atoms with Gasteiger partial charge in [0.05, 0.1) is 17.2 Å². The summed E-state index contributed by atoms with van der Waals surface area (Å²) in [5.74, 6) is 2.17. The van der Waals surface area contributed by atoms with E-state index >= 15 is 0 Å². The molecule has 1 atom stereocenters. The SMILES string of the molecule is CC(C)c1cn(-c2ccc(-c3ccc(CO)c(S(C)(=O)=O)c3)s2)c(C(C)C(C)C)n1. The van der Waals surface area contributed by atoms with Gasteiger partial charge in [0.15, 0.2) is 9.84 Å². The highest BCUT2D eigenvalue weighted by Crippen LogP contribution is 2.35. The number of aliphatic hydroxyl groups excluding tert-OH is 1. The maximum Gasteiger partial charge on any atom is 0.175 e. The lowest BCUT2D eigenvalue weighted by Crippen LogP contribution is -2.09. The Morgan fingerprint density at radius 1 is 1.10 bits per heavy atom. The maximum atomic E-state index is 12.2. The minimum atomic E-state index is -3.43. The van der Waals surface area contributed by atoms with Gasteiger partial charge >= 0.3 is 0 Å². The molecule has 0 saturated heterocycles.